The van der Waals surface area contributed by atoms with E-state index in [2.05, 4.69) is 40.3 Å². The highest BCUT2D eigenvalue weighted by molar-refractivity contribution is 5.85. The van der Waals surface area contributed by atoms with Gasteiger partial charge in [-0.1, -0.05) is 30.3 Å². The summed E-state index contributed by atoms with van der Waals surface area (Å²) in [5.74, 6) is 0.376. The lowest BCUT2D eigenvalue weighted by atomic mass is 9.93. The minimum absolute atomic E-state index is 0.186. The average molecular weight is 337 g/mol. The highest BCUT2D eigenvalue weighted by Crippen LogP contribution is 2.49. The summed E-state index contributed by atoms with van der Waals surface area (Å²) in [6.45, 7) is 1.67. The molecule has 2 aliphatic rings. The summed E-state index contributed by atoms with van der Waals surface area (Å²) in [7, 11) is 0. The number of aryl methyl sites for hydroxylation is 1. The minimum Gasteiger partial charge on any atom is -0.339 e. The maximum Gasteiger partial charge on any atom is 0.230 e. The summed E-state index contributed by atoms with van der Waals surface area (Å²) >= 11 is 0. The zero-order valence-corrected chi connectivity index (χ0v) is 14.8. The van der Waals surface area contributed by atoms with E-state index in [0.717, 1.165) is 51.6 Å². The van der Waals surface area contributed by atoms with Crippen LogP contribution in [0.25, 0.3) is 0 Å². The third-order valence-corrected chi connectivity index (χ3v) is 5.83. The van der Waals surface area contributed by atoms with Crippen molar-refractivity contribution in [3.05, 3.63) is 54.4 Å². The molecule has 4 rings (SSSR count). The standard InChI is InChI=1S/C21H27N3O/c25-20(21(12-13-21)17-23-15-6-14-22-23)24-16-5-4-9-19(24)11-10-18-7-2-1-3-8-18/h1-3,6-8,14-15,19H,4-5,9-13,16-17H2/t19-/m0/s1. The largest absolute Gasteiger partial charge is 0.339 e. The molecule has 1 saturated heterocycles. The van der Waals surface area contributed by atoms with Crippen LogP contribution in [0.15, 0.2) is 48.8 Å². The molecule has 132 valence electrons. The van der Waals surface area contributed by atoms with Crippen LogP contribution in [-0.4, -0.2) is 33.2 Å². The first-order valence-electron chi connectivity index (χ1n) is 9.59. The maximum atomic E-state index is 13.3. The predicted octanol–water partition coefficient (Wildman–Crippen LogP) is 3.68. The predicted molar refractivity (Wildman–Crippen MR) is 98.0 cm³/mol. The normalized spacial score (nSPS) is 21.9. The Labute approximate surface area is 149 Å². The molecule has 1 aliphatic heterocycles. The number of carbonyl (C=O) groups excluding carboxylic acids is 1. The van der Waals surface area contributed by atoms with E-state index in [1.54, 1.807) is 6.20 Å². The van der Waals surface area contributed by atoms with Crippen LogP contribution in [0.2, 0.25) is 0 Å². The molecule has 1 amide bonds. The SMILES string of the molecule is O=C(N1CCCC[C@H]1CCc1ccccc1)C1(Cn2cccn2)CC1. The maximum absolute atomic E-state index is 13.3. The van der Waals surface area contributed by atoms with Crippen molar-refractivity contribution in [2.45, 2.75) is 57.5 Å². The van der Waals surface area contributed by atoms with Gasteiger partial charge in [-0.25, -0.2) is 0 Å². The molecule has 1 saturated carbocycles. The van der Waals surface area contributed by atoms with Gasteiger partial charge in [0.15, 0.2) is 0 Å². The quantitative estimate of drug-likeness (QED) is 0.806. The van der Waals surface area contributed by atoms with Crippen LogP contribution in [0.3, 0.4) is 0 Å². The molecule has 0 unspecified atom stereocenters. The molecule has 4 heteroatoms. The summed E-state index contributed by atoms with van der Waals surface area (Å²) in [5.41, 5.74) is 1.19. The molecule has 0 N–H and O–H groups in total. The number of hydrogen-bond acceptors (Lipinski definition) is 2. The average Bonchev–Trinajstić information content (AvgIpc) is 3.26. The van der Waals surface area contributed by atoms with E-state index in [1.807, 2.05) is 16.9 Å². The molecule has 0 bridgehead atoms. The van der Waals surface area contributed by atoms with Gasteiger partial charge in [-0.15, -0.1) is 0 Å². The van der Waals surface area contributed by atoms with Gasteiger partial charge in [-0.3, -0.25) is 9.48 Å². The molecule has 2 aromatic rings. The number of nitrogens with zero attached hydrogens (tertiary/aromatic N) is 3. The van der Waals surface area contributed by atoms with Crippen molar-refractivity contribution in [3.63, 3.8) is 0 Å². The topological polar surface area (TPSA) is 38.1 Å². The summed E-state index contributed by atoms with van der Waals surface area (Å²) in [5, 5.41) is 4.31. The van der Waals surface area contributed by atoms with Gasteiger partial charge >= 0.3 is 0 Å². The first-order valence-corrected chi connectivity index (χ1v) is 9.59. The van der Waals surface area contributed by atoms with E-state index in [1.165, 1.54) is 12.0 Å². The fraction of sp³-hybridized carbons (Fsp3) is 0.524. The Morgan fingerprint density at radius 3 is 2.72 bits per heavy atom. The van der Waals surface area contributed by atoms with Crippen LogP contribution >= 0.6 is 0 Å². The van der Waals surface area contributed by atoms with Crippen LogP contribution in [0, 0.1) is 5.41 Å². The van der Waals surface area contributed by atoms with Crippen LogP contribution in [-0.2, 0) is 17.8 Å². The van der Waals surface area contributed by atoms with Crippen molar-refractivity contribution < 1.29 is 4.79 Å². The fourth-order valence-corrected chi connectivity index (χ4v) is 4.15. The van der Waals surface area contributed by atoms with Crippen LogP contribution in [0.5, 0.6) is 0 Å². The first-order chi connectivity index (χ1) is 12.3. The highest BCUT2D eigenvalue weighted by Gasteiger charge is 2.53. The molecule has 2 fully saturated rings. The fourth-order valence-electron chi connectivity index (χ4n) is 4.15. The lowest BCUT2D eigenvalue weighted by molar-refractivity contribution is -0.141. The number of rotatable bonds is 6. The van der Waals surface area contributed by atoms with Crippen molar-refractivity contribution in [1.29, 1.82) is 0 Å². The zero-order chi connectivity index (χ0) is 17.1. The lowest BCUT2D eigenvalue weighted by Gasteiger charge is -2.38. The number of aromatic nitrogens is 2. The van der Waals surface area contributed by atoms with E-state index in [4.69, 9.17) is 0 Å². The Hall–Kier alpha value is -2.10. The number of carbonyl (C=O) groups is 1. The van der Waals surface area contributed by atoms with E-state index < -0.39 is 0 Å². The van der Waals surface area contributed by atoms with E-state index in [0.29, 0.717) is 11.9 Å². The molecule has 1 aliphatic carbocycles. The Morgan fingerprint density at radius 1 is 1.16 bits per heavy atom. The van der Waals surface area contributed by atoms with Crippen LogP contribution < -0.4 is 0 Å². The van der Waals surface area contributed by atoms with Crippen molar-refractivity contribution in [1.82, 2.24) is 14.7 Å². The number of benzene rings is 1. The second kappa shape index (κ2) is 7.03. The summed E-state index contributed by atoms with van der Waals surface area (Å²) in [4.78, 5) is 15.5. The Morgan fingerprint density at radius 2 is 2.00 bits per heavy atom. The van der Waals surface area contributed by atoms with Gasteiger partial charge in [0.1, 0.15) is 0 Å². The molecule has 1 atom stereocenters. The molecule has 4 nitrogen and oxygen atoms in total. The first kappa shape index (κ1) is 16.4. The Bertz CT molecular complexity index is 691. The summed E-state index contributed by atoms with van der Waals surface area (Å²) in [6.07, 6.45) is 11.5. The third kappa shape index (κ3) is 3.63. The van der Waals surface area contributed by atoms with Gasteiger partial charge in [-0.05, 0) is 56.6 Å². The van der Waals surface area contributed by atoms with E-state index in [-0.39, 0.29) is 5.41 Å². The van der Waals surface area contributed by atoms with Gasteiger partial charge < -0.3 is 4.90 Å². The minimum atomic E-state index is -0.186. The van der Waals surface area contributed by atoms with Crippen molar-refractivity contribution in [2.75, 3.05) is 6.54 Å². The van der Waals surface area contributed by atoms with Gasteiger partial charge in [0, 0.05) is 25.0 Å². The number of hydrogen-bond donors (Lipinski definition) is 0. The van der Waals surface area contributed by atoms with Crippen LogP contribution in [0.1, 0.15) is 44.1 Å². The van der Waals surface area contributed by atoms with Crippen molar-refractivity contribution >= 4 is 5.91 Å². The smallest absolute Gasteiger partial charge is 0.230 e. The molecule has 0 radical (unpaired) electrons. The Kier molecular flexibility index (Phi) is 4.60. The van der Waals surface area contributed by atoms with Gasteiger partial charge in [0.05, 0.1) is 12.0 Å². The third-order valence-electron chi connectivity index (χ3n) is 5.83. The zero-order valence-electron chi connectivity index (χ0n) is 14.8. The molecule has 25 heavy (non-hydrogen) atoms. The molecule has 1 aromatic heterocycles. The highest BCUT2D eigenvalue weighted by atomic mass is 16.2. The van der Waals surface area contributed by atoms with E-state index in [9.17, 15) is 4.79 Å². The molecular weight excluding hydrogens is 310 g/mol. The summed E-state index contributed by atoms with van der Waals surface area (Å²) < 4.78 is 1.92. The van der Waals surface area contributed by atoms with Gasteiger partial charge in [0.2, 0.25) is 5.91 Å². The van der Waals surface area contributed by atoms with E-state index >= 15 is 0 Å². The molecule has 1 aromatic carbocycles. The number of piperidine rings is 1. The lowest BCUT2D eigenvalue weighted by Crippen LogP contribution is -2.48. The van der Waals surface area contributed by atoms with Gasteiger partial charge in [-0.2, -0.15) is 5.10 Å². The second-order valence-corrected chi connectivity index (χ2v) is 7.66. The monoisotopic (exact) mass is 337 g/mol. The van der Waals surface area contributed by atoms with Crippen molar-refractivity contribution in [3.8, 4) is 0 Å². The second-order valence-electron chi connectivity index (χ2n) is 7.66. The number of amides is 1. The molecule has 0 spiro atoms. The number of likely N-dealkylation sites (tertiary alicyclic amines) is 1. The Balaban J connectivity index is 1.42. The van der Waals surface area contributed by atoms with Crippen LogP contribution in [0.4, 0.5) is 0 Å². The van der Waals surface area contributed by atoms with Crippen molar-refractivity contribution in [2.24, 2.45) is 5.41 Å². The van der Waals surface area contributed by atoms with Gasteiger partial charge in [0.25, 0.3) is 0 Å². The summed E-state index contributed by atoms with van der Waals surface area (Å²) in [6, 6.07) is 13.0. The molecular formula is C21H27N3O. The molecule has 2 heterocycles.